The second kappa shape index (κ2) is 4.02. The lowest BCUT2D eigenvalue weighted by molar-refractivity contribution is 0.164. The Balaban J connectivity index is 2.19. The minimum atomic E-state index is -1.17. The van der Waals surface area contributed by atoms with Gasteiger partial charge in [-0.1, -0.05) is 0 Å². The first-order valence-corrected chi connectivity index (χ1v) is 4.72. The van der Waals surface area contributed by atoms with Gasteiger partial charge in [-0.15, -0.1) is 0 Å². The third kappa shape index (κ3) is 2.74. The zero-order valence-corrected chi connectivity index (χ0v) is 6.74. The molecular weight excluding hydrogens is 152 g/mol. The summed E-state index contributed by atoms with van der Waals surface area (Å²) < 4.78 is 15.5. The highest BCUT2D eigenvalue weighted by molar-refractivity contribution is 7.79. The molecule has 0 amide bonds. The topological polar surface area (TPSA) is 50.4 Å². The Morgan fingerprint density at radius 2 is 2.40 bits per heavy atom. The Kier molecular flexibility index (Phi) is 3.27. The van der Waals surface area contributed by atoms with E-state index in [9.17, 15) is 4.21 Å². The number of rotatable bonds is 2. The lowest BCUT2D eigenvalue weighted by Gasteiger charge is -2.22. The molecule has 0 aromatic heterocycles. The summed E-state index contributed by atoms with van der Waals surface area (Å²) >= 11 is -1.17. The predicted molar refractivity (Wildman–Crippen MR) is 39.8 cm³/mol. The number of piperazine rings is 1. The Hall–Kier alpha value is 0.0300. The zero-order valence-electron chi connectivity index (χ0n) is 5.92. The van der Waals surface area contributed by atoms with Crippen molar-refractivity contribution in [2.24, 2.45) is 0 Å². The van der Waals surface area contributed by atoms with Crippen molar-refractivity contribution < 1.29 is 8.39 Å². The fraction of sp³-hybridized carbons (Fsp3) is 1.00. The fourth-order valence-electron chi connectivity index (χ4n) is 0.858. The largest absolute Gasteiger partial charge is 0.312 e. The average Bonchev–Trinajstić information content (AvgIpc) is 1.88. The van der Waals surface area contributed by atoms with Crippen LogP contribution in [-0.2, 0) is 15.3 Å². The molecule has 1 aliphatic rings. The minimum Gasteiger partial charge on any atom is -0.312 e. The molecule has 1 rings (SSSR count). The zero-order chi connectivity index (χ0) is 7.40. The van der Waals surface area contributed by atoms with Crippen molar-refractivity contribution in [3.63, 3.8) is 0 Å². The SMILES string of the molecule is CS(=O)OC1CNCCN1. The van der Waals surface area contributed by atoms with Crippen molar-refractivity contribution in [2.75, 3.05) is 25.9 Å². The molecule has 2 N–H and O–H groups in total. The van der Waals surface area contributed by atoms with Crippen LogP contribution in [0.2, 0.25) is 0 Å². The van der Waals surface area contributed by atoms with Crippen LogP contribution in [0.25, 0.3) is 0 Å². The predicted octanol–water partition coefficient (Wildman–Crippen LogP) is -1.18. The molecule has 0 saturated carbocycles. The van der Waals surface area contributed by atoms with Gasteiger partial charge in [-0.25, -0.2) is 4.21 Å². The molecule has 1 fully saturated rings. The van der Waals surface area contributed by atoms with E-state index < -0.39 is 11.1 Å². The number of hydrogen-bond acceptors (Lipinski definition) is 4. The van der Waals surface area contributed by atoms with Crippen molar-refractivity contribution >= 4 is 11.1 Å². The first kappa shape index (κ1) is 8.13. The molecule has 4 nitrogen and oxygen atoms in total. The molecule has 5 heteroatoms. The van der Waals surface area contributed by atoms with E-state index in [0.29, 0.717) is 0 Å². The maximum Gasteiger partial charge on any atom is 0.153 e. The monoisotopic (exact) mass is 164 g/mol. The highest BCUT2D eigenvalue weighted by atomic mass is 32.2. The Labute approximate surface area is 63.0 Å². The van der Waals surface area contributed by atoms with Gasteiger partial charge in [0.1, 0.15) is 6.23 Å². The maximum absolute atomic E-state index is 10.5. The first-order valence-electron chi connectivity index (χ1n) is 3.23. The van der Waals surface area contributed by atoms with Gasteiger partial charge < -0.3 is 5.32 Å². The molecule has 0 aromatic rings. The smallest absolute Gasteiger partial charge is 0.153 e. The van der Waals surface area contributed by atoms with E-state index in [-0.39, 0.29) is 6.23 Å². The first-order chi connectivity index (χ1) is 4.79. The van der Waals surface area contributed by atoms with Gasteiger partial charge in [0.2, 0.25) is 0 Å². The Morgan fingerprint density at radius 1 is 1.60 bits per heavy atom. The summed E-state index contributed by atoms with van der Waals surface area (Å²) in [7, 11) is 0. The van der Waals surface area contributed by atoms with Crippen LogP contribution in [0.3, 0.4) is 0 Å². The Morgan fingerprint density at radius 3 is 2.90 bits per heavy atom. The summed E-state index contributed by atoms with van der Waals surface area (Å²) in [6.07, 6.45) is 1.44. The molecular formula is C5H12N2O2S. The third-order valence-electron chi connectivity index (χ3n) is 1.26. The van der Waals surface area contributed by atoms with Crippen LogP contribution in [0.4, 0.5) is 0 Å². The van der Waals surface area contributed by atoms with Gasteiger partial charge in [0.15, 0.2) is 11.1 Å². The van der Waals surface area contributed by atoms with Crippen LogP contribution in [0.15, 0.2) is 0 Å². The van der Waals surface area contributed by atoms with Crippen molar-refractivity contribution in [1.29, 1.82) is 0 Å². The van der Waals surface area contributed by atoms with Crippen molar-refractivity contribution in [1.82, 2.24) is 10.6 Å². The summed E-state index contributed by atoms with van der Waals surface area (Å²) in [4.78, 5) is 0. The molecule has 1 saturated heterocycles. The molecule has 2 atom stereocenters. The van der Waals surface area contributed by atoms with Crippen LogP contribution in [-0.4, -0.2) is 36.3 Å². The van der Waals surface area contributed by atoms with Crippen LogP contribution < -0.4 is 10.6 Å². The second-order valence-corrected chi connectivity index (χ2v) is 3.14. The van der Waals surface area contributed by atoms with Gasteiger partial charge in [-0.3, -0.25) is 9.50 Å². The van der Waals surface area contributed by atoms with E-state index in [1.807, 2.05) is 0 Å². The van der Waals surface area contributed by atoms with E-state index in [4.69, 9.17) is 4.18 Å². The summed E-state index contributed by atoms with van der Waals surface area (Å²) in [5.74, 6) is 0. The van der Waals surface area contributed by atoms with E-state index in [0.717, 1.165) is 19.6 Å². The Bertz CT molecular complexity index is 125. The lowest BCUT2D eigenvalue weighted by Crippen LogP contribution is -2.49. The summed E-state index contributed by atoms with van der Waals surface area (Å²) in [6.45, 7) is 2.57. The molecule has 10 heavy (non-hydrogen) atoms. The normalized spacial score (nSPS) is 29.9. The third-order valence-corrected chi connectivity index (χ3v) is 1.76. The molecule has 2 unspecified atom stereocenters. The van der Waals surface area contributed by atoms with E-state index >= 15 is 0 Å². The number of nitrogens with one attached hydrogen (secondary N) is 2. The van der Waals surface area contributed by atoms with Gasteiger partial charge in [0.25, 0.3) is 0 Å². The molecule has 0 aromatic carbocycles. The highest BCUT2D eigenvalue weighted by Crippen LogP contribution is 1.91. The molecule has 1 heterocycles. The maximum atomic E-state index is 10.5. The van der Waals surface area contributed by atoms with E-state index in [1.54, 1.807) is 0 Å². The molecule has 1 aliphatic heterocycles. The van der Waals surface area contributed by atoms with Crippen LogP contribution in [0, 0.1) is 0 Å². The molecule has 0 bridgehead atoms. The minimum absolute atomic E-state index is 0.0837. The number of hydrogen-bond donors (Lipinski definition) is 2. The van der Waals surface area contributed by atoms with Gasteiger partial charge in [0.05, 0.1) is 0 Å². The van der Waals surface area contributed by atoms with Crippen molar-refractivity contribution in [3.05, 3.63) is 0 Å². The van der Waals surface area contributed by atoms with Crippen LogP contribution in [0.1, 0.15) is 0 Å². The fourth-order valence-corrected chi connectivity index (χ4v) is 1.32. The van der Waals surface area contributed by atoms with Crippen molar-refractivity contribution in [3.8, 4) is 0 Å². The molecule has 0 radical (unpaired) electrons. The summed E-state index contributed by atoms with van der Waals surface area (Å²) in [5, 5.41) is 6.19. The van der Waals surface area contributed by atoms with Crippen molar-refractivity contribution in [2.45, 2.75) is 6.23 Å². The van der Waals surface area contributed by atoms with Gasteiger partial charge in [0, 0.05) is 25.9 Å². The quantitative estimate of drug-likeness (QED) is 0.539. The second-order valence-electron chi connectivity index (χ2n) is 2.14. The molecule has 60 valence electrons. The van der Waals surface area contributed by atoms with Crippen LogP contribution >= 0.6 is 0 Å². The van der Waals surface area contributed by atoms with E-state index in [2.05, 4.69) is 10.6 Å². The lowest BCUT2D eigenvalue weighted by atomic mass is 10.4. The van der Waals surface area contributed by atoms with Crippen LogP contribution in [0.5, 0.6) is 0 Å². The highest BCUT2D eigenvalue weighted by Gasteiger charge is 2.12. The average molecular weight is 164 g/mol. The summed E-state index contributed by atoms with van der Waals surface area (Å²) in [6, 6.07) is 0. The standard InChI is InChI=1S/C5H12N2O2S/c1-10(8)9-5-4-6-2-3-7-5/h5-7H,2-4H2,1H3. The van der Waals surface area contributed by atoms with Gasteiger partial charge in [-0.05, 0) is 0 Å². The van der Waals surface area contributed by atoms with Gasteiger partial charge in [-0.2, -0.15) is 0 Å². The van der Waals surface area contributed by atoms with E-state index in [1.165, 1.54) is 6.26 Å². The molecule has 0 aliphatic carbocycles. The molecule has 0 spiro atoms. The van der Waals surface area contributed by atoms with Gasteiger partial charge >= 0.3 is 0 Å². The summed E-state index contributed by atoms with van der Waals surface area (Å²) in [5.41, 5.74) is 0.